The first kappa shape index (κ1) is 21.0. The maximum atomic E-state index is 12.2. The van der Waals surface area contributed by atoms with Gasteiger partial charge in [0, 0.05) is 51.9 Å². The lowest BCUT2D eigenvalue weighted by molar-refractivity contribution is -0.133. The fourth-order valence-corrected chi connectivity index (χ4v) is 4.13. The van der Waals surface area contributed by atoms with Crippen LogP contribution in [0.2, 0.25) is 0 Å². The Labute approximate surface area is 159 Å². The van der Waals surface area contributed by atoms with Crippen molar-refractivity contribution in [3.8, 4) is 0 Å². The van der Waals surface area contributed by atoms with Crippen molar-refractivity contribution in [2.75, 3.05) is 39.9 Å². The topological polar surface area (TPSA) is 66.0 Å². The predicted molar refractivity (Wildman–Crippen MR) is 106 cm³/mol. The molecule has 1 saturated carbocycles. The van der Waals surface area contributed by atoms with Crippen LogP contribution in [0.3, 0.4) is 0 Å². The first-order valence-electron chi connectivity index (χ1n) is 10.3. The molecule has 2 aliphatic rings. The number of rotatable bonds is 8. The summed E-state index contributed by atoms with van der Waals surface area (Å²) in [5.74, 6) is 1.21. The molecule has 2 fully saturated rings. The van der Waals surface area contributed by atoms with Crippen molar-refractivity contribution in [2.45, 2.75) is 65.3 Å². The van der Waals surface area contributed by atoms with Crippen LogP contribution in [0.1, 0.15) is 59.3 Å². The lowest BCUT2D eigenvalue weighted by Gasteiger charge is -2.27. The van der Waals surface area contributed by atoms with E-state index < -0.39 is 0 Å². The fraction of sp³-hybridized carbons (Fsp3) is 0.900. The molecule has 2 rings (SSSR count). The molecular weight excluding hydrogens is 328 g/mol. The molecule has 0 aromatic heterocycles. The van der Waals surface area contributed by atoms with E-state index in [0.29, 0.717) is 5.41 Å². The third-order valence-corrected chi connectivity index (χ3v) is 5.75. The molecule has 1 atom stereocenters. The molecule has 1 aliphatic heterocycles. The highest BCUT2D eigenvalue weighted by atomic mass is 16.5. The number of likely N-dealkylation sites (tertiary alicyclic amines) is 1. The van der Waals surface area contributed by atoms with Gasteiger partial charge in [-0.1, -0.05) is 26.7 Å². The van der Waals surface area contributed by atoms with Gasteiger partial charge in [-0.15, -0.1) is 0 Å². The molecule has 0 spiro atoms. The van der Waals surface area contributed by atoms with Gasteiger partial charge in [-0.2, -0.15) is 0 Å². The normalized spacial score (nSPS) is 22.9. The molecule has 6 nitrogen and oxygen atoms in total. The van der Waals surface area contributed by atoms with Crippen LogP contribution < -0.4 is 10.6 Å². The highest BCUT2D eigenvalue weighted by Crippen LogP contribution is 2.41. The minimum absolute atomic E-state index is 0.0682. The smallest absolute Gasteiger partial charge is 0.225 e. The average Bonchev–Trinajstić information content (AvgIpc) is 3.27. The maximum absolute atomic E-state index is 12.2. The van der Waals surface area contributed by atoms with E-state index in [1.54, 1.807) is 7.11 Å². The van der Waals surface area contributed by atoms with Crippen LogP contribution in [-0.4, -0.2) is 62.7 Å². The minimum Gasteiger partial charge on any atom is -0.385 e. The minimum atomic E-state index is 0.0682. The van der Waals surface area contributed by atoms with Crippen LogP contribution in [0.5, 0.6) is 0 Å². The highest BCUT2D eigenvalue weighted by molar-refractivity contribution is 5.81. The Hall–Kier alpha value is -1.30. The lowest BCUT2D eigenvalue weighted by Crippen LogP contribution is -2.45. The number of ether oxygens (including phenoxy) is 1. The second kappa shape index (κ2) is 10.1. The number of hydrogen-bond acceptors (Lipinski definition) is 3. The van der Waals surface area contributed by atoms with Crippen LogP contribution in [0, 0.1) is 11.3 Å². The number of guanidine groups is 1. The quantitative estimate of drug-likeness (QED) is 0.511. The average molecular weight is 367 g/mol. The summed E-state index contributed by atoms with van der Waals surface area (Å²) in [5, 5.41) is 6.93. The maximum Gasteiger partial charge on any atom is 0.225 e. The Kier molecular flexibility index (Phi) is 8.19. The SMILES string of the molecule is CCNC(=NCC1(CCOC)CCCC1)NC1CCN(C(=O)C(C)C)C1. The third kappa shape index (κ3) is 5.86. The van der Waals surface area contributed by atoms with E-state index >= 15 is 0 Å². The van der Waals surface area contributed by atoms with Crippen LogP contribution >= 0.6 is 0 Å². The molecule has 0 aromatic rings. The second-order valence-electron chi connectivity index (χ2n) is 8.21. The molecule has 2 N–H and O–H groups in total. The van der Waals surface area contributed by atoms with Crippen molar-refractivity contribution < 1.29 is 9.53 Å². The first-order valence-corrected chi connectivity index (χ1v) is 10.3. The lowest BCUT2D eigenvalue weighted by atomic mass is 9.83. The first-order chi connectivity index (χ1) is 12.5. The predicted octanol–water partition coefficient (Wildman–Crippen LogP) is 2.40. The van der Waals surface area contributed by atoms with Crippen molar-refractivity contribution in [2.24, 2.45) is 16.3 Å². The molecule has 6 heteroatoms. The molecule has 1 saturated heterocycles. The Morgan fingerprint density at radius 3 is 2.69 bits per heavy atom. The largest absolute Gasteiger partial charge is 0.385 e. The van der Waals surface area contributed by atoms with E-state index in [0.717, 1.165) is 51.6 Å². The summed E-state index contributed by atoms with van der Waals surface area (Å²) in [5.41, 5.74) is 0.299. The zero-order chi connectivity index (χ0) is 19.0. The summed E-state index contributed by atoms with van der Waals surface area (Å²) < 4.78 is 5.33. The summed E-state index contributed by atoms with van der Waals surface area (Å²) in [4.78, 5) is 19.1. The number of carbonyl (C=O) groups is 1. The Balaban J connectivity index is 1.93. The molecule has 1 heterocycles. The Morgan fingerprint density at radius 1 is 1.35 bits per heavy atom. The molecule has 0 radical (unpaired) electrons. The monoisotopic (exact) mass is 366 g/mol. The summed E-state index contributed by atoms with van der Waals surface area (Å²) >= 11 is 0. The standard InChI is InChI=1S/C20H38N4O2/c1-5-21-19(22-15-20(11-13-26-4)9-6-7-10-20)23-17-8-12-24(14-17)18(25)16(2)3/h16-17H,5-15H2,1-4H3,(H2,21,22,23). The van der Waals surface area contributed by atoms with Crippen LogP contribution in [0.4, 0.5) is 0 Å². The van der Waals surface area contributed by atoms with Gasteiger partial charge in [-0.05, 0) is 38.0 Å². The summed E-state index contributed by atoms with van der Waals surface area (Å²) in [6, 6.07) is 0.286. The van der Waals surface area contributed by atoms with Crippen LogP contribution in [0.15, 0.2) is 4.99 Å². The van der Waals surface area contributed by atoms with Crippen molar-refractivity contribution >= 4 is 11.9 Å². The molecular formula is C20H38N4O2. The zero-order valence-electron chi connectivity index (χ0n) is 17.1. The zero-order valence-corrected chi connectivity index (χ0v) is 17.1. The van der Waals surface area contributed by atoms with Gasteiger partial charge in [-0.25, -0.2) is 0 Å². The van der Waals surface area contributed by atoms with E-state index in [1.165, 1.54) is 25.7 Å². The van der Waals surface area contributed by atoms with Crippen LogP contribution in [0.25, 0.3) is 0 Å². The molecule has 1 aliphatic carbocycles. The number of methoxy groups -OCH3 is 1. The van der Waals surface area contributed by atoms with Gasteiger partial charge in [0.05, 0.1) is 0 Å². The van der Waals surface area contributed by atoms with Crippen molar-refractivity contribution in [3.05, 3.63) is 0 Å². The number of nitrogens with zero attached hydrogens (tertiary/aromatic N) is 2. The van der Waals surface area contributed by atoms with Crippen molar-refractivity contribution in [1.82, 2.24) is 15.5 Å². The van der Waals surface area contributed by atoms with E-state index in [2.05, 4.69) is 17.6 Å². The Morgan fingerprint density at radius 2 is 2.08 bits per heavy atom. The number of nitrogens with one attached hydrogen (secondary N) is 2. The Bertz CT molecular complexity index is 472. The molecule has 0 bridgehead atoms. The van der Waals surface area contributed by atoms with Crippen molar-refractivity contribution in [1.29, 1.82) is 0 Å². The van der Waals surface area contributed by atoms with E-state index in [9.17, 15) is 4.79 Å². The van der Waals surface area contributed by atoms with E-state index in [4.69, 9.17) is 9.73 Å². The van der Waals surface area contributed by atoms with Gasteiger partial charge in [0.2, 0.25) is 5.91 Å². The van der Waals surface area contributed by atoms with Gasteiger partial charge in [-0.3, -0.25) is 9.79 Å². The third-order valence-electron chi connectivity index (χ3n) is 5.75. The highest BCUT2D eigenvalue weighted by Gasteiger charge is 2.33. The summed E-state index contributed by atoms with van der Waals surface area (Å²) in [7, 11) is 1.78. The molecule has 1 amide bonds. The van der Waals surface area contributed by atoms with Gasteiger partial charge < -0.3 is 20.3 Å². The summed E-state index contributed by atoms with van der Waals surface area (Å²) in [6.45, 7) is 10.2. The van der Waals surface area contributed by atoms with E-state index in [-0.39, 0.29) is 17.9 Å². The number of hydrogen-bond donors (Lipinski definition) is 2. The molecule has 150 valence electrons. The van der Waals surface area contributed by atoms with Gasteiger partial charge >= 0.3 is 0 Å². The molecule has 1 unspecified atom stereocenters. The van der Waals surface area contributed by atoms with Gasteiger partial charge in [0.15, 0.2) is 5.96 Å². The van der Waals surface area contributed by atoms with Gasteiger partial charge in [0.1, 0.15) is 0 Å². The van der Waals surface area contributed by atoms with Gasteiger partial charge in [0.25, 0.3) is 0 Å². The fourth-order valence-electron chi connectivity index (χ4n) is 4.13. The van der Waals surface area contributed by atoms with Crippen LogP contribution in [-0.2, 0) is 9.53 Å². The molecule has 0 aromatic carbocycles. The second-order valence-corrected chi connectivity index (χ2v) is 8.21. The number of amides is 1. The molecule has 26 heavy (non-hydrogen) atoms. The van der Waals surface area contributed by atoms with E-state index in [1.807, 2.05) is 18.7 Å². The number of carbonyl (C=O) groups excluding carboxylic acids is 1. The van der Waals surface area contributed by atoms with Crippen molar-refractivity contribution in [3.63, 3.8) is 0 Å². The number of aliphatic imine (C=N–C) groups is 1. The summed E-state index contributed by atoms with van der Waals surface area (Å²) in [6.07, 6.45) is 7.18.